The van der Waals surface area contributed by atoms with Crippen molar-refractivity contribution in [3.8, 4) is 5.75 Å². The van der Waals surface area contributed by atoms with Gasteiger partial charge in [0.15, 0.2) is 0 Å². The lowest BCUT2D eigenvalue weighted by molar-refractivity contribution is -0.168. The second kappa shape index (κ2) is 13.7. The molecule has 0 saturated carbocycles. The van der Waals surface area contributed by atoms with Gasteiger partial charge in [-0.3, -0.25) is 24.0 Å². The Kier molecular flexibility index (Phi) is 10.0. The van der Waals surface area contributed by atoms with E-state index in [4.69, 9.17) is 25.8 Å². The van der Waals surface area contributed by atoms with Crippen LogP contribution in [0.3, 0.4) is 0 Å². The van der Waals surface area contributed by atoms with Gasteiger partial charge in [0.05, 0.1) is 36.4 Å². The second-order valence-corrected chi connectivity index (χ2v) is 10.5. The predicted octanol–water partition coefficient (Wildman–Crippen LogP) is 2.39. The second-order valence-electron chi connectivity index (χ2n) is 10.1. The molecule has 2 aliphatic rings. The highest BCUT2D eigenvalue weighted by Crippen LogP contribution is 2.31. The zero-order chi connectivity index (χ0) is 30.4. The lowest BCUT2D eigenvalue weighted by Crippen LogP contribution is -2.54. The molecular formula is C29H33ClN4O8. The third-order valence-electron chi connectivity index (χ3n) is 6.95. The van der Waals surface area contributed by atoms with Gasteiger partial charge in [0.1, 0.15) is 23.9 Å². The molecule has 0 aliphatic carbocycles. The SMILES string of the molecule is COc1cc(NC(C)=O)c(Cl)cc1C(=O)N[C@@H](C)C(=O)N1CCC[C@H]1C(=O)NC1CC(=O)O[C@H]1OCc1ccccc1. The first-order valence-corrected chi connectivity index (χ1v) is 13.9. The van der Waals surface area contributed by atoms with Crippen LogP contribution in [0.5, 0.6) is 5.75 Å². The molecule has 2 aliphatic heterocycles. The van der Waals surface area contributed by atoms with E-state index in [9.17, 15) is 24.0 Å². The average Bonchev–Trinajstić information content (AvgIpc) is 3.59. The first kappa shape index (κ1) is 30.8. The minimum Gasteiger partial charge on any atom is -0.496 e. The molecule has 1 unspecified atom stereocenters. The van der Waals surface area contributed by atoms with Crippen molar-refractivity contribution in [3.63, 3.8) is 0 Å². The van der Waals surface area contributed by atoms with Gasteiger partial charge in [-0.05, 0) is 31.4 Å². The van der Waals surface area contributed by atoms with Crippen molar-refractivity contribution in [2.24, 2.45) is 0 Å². The van der Waals surface area contributed by atoms with Gasteiger partial charge in [-0.25, -0.2) is 0 Å². The van der Waals surface area contributed by atoms with E-state index in [0.29, 0.717) is 19.4 Å². The van der Waals surface area contributed by atoms with E-state index < -0.39 is 48.1 Å². The van der Waals surface area contributed by atoms with Crippen molar-refractivity contribution in [2.75, 3.05) is 19.0 Å². The van der Waals surface area contributed by atoms with Crippen molar-refractivity contribution in [1.29, 1.82) is 0 Å². The van der Waals surface area contributed by atoms with Crippen LogP contribution < -0.4 is 20.7 Å². The summed E-state index contributed by atoms with van der Waals surface area (Å²) < 4.78 is 16.3. The van der Waals surface area contributed by atoms with E-state index in [-0.39, 0.29) is 41.0 Å². The Morgan fingerprint density at radius 2 is 1.90 bits per heavy atom. The number of benzene rings is 2. The number of amides is 4. The lowest BCUT2D eigenvalue weighted by atomic mass is 10.1. The van der Waals surface area contributed by atoms with Crippen molar-refractivity contribution in [2.45, 2.75) is 64.1 Å². The number of hydrogen-bond acceptors (Lipinski definition) is 8. The Hall–Kier alpha value is -4.16. The van der Waals surface area contributed by atoms with E-state index in [1.165, 1.54) is 38.0 Å². The fraction of sp³-hybridized carbons (Fsp3) is 0.414. The summed E-state index contributed by atoms with van der Waals surface area (Å²) in [5, 5.41) is 8.13. The fourth-order valence-corrected chi connectivity index (χ4v) is 5.12. The monoisotopic (exact) mass is 600 g/mol. The molecule has 13 heteroatoms. The fourth-order valence-electron chi connectivity index (χ4n) is 4.91. The summed E-state index contributed by atoms with van der Waals surface area (Å²) in [7, 11) is 1.36. The summed E-state index contributed by atoms with van der Waals surface area (Å²) in [5.74, 6) is -2.19. The maximum Gasteiger partial charge on any atom is 0.310 e. The number of carbonyl (C=O) groups excluding carboxylic acids is 5. The van der Waals surface area contributed by atoms with Crippen LogP contribution >= 0.6 is 11.6 Å². The van der Waals surface area contributed by atoms with E-state index in [1.807, 2.05) is 30.3 Å². The number of nitrogens with one attached hydrogen (secondary N) is 3. The number of rotatable bonds is 10. The van der Waals surface area contributed by atoms with Crippen molar-refractivity contribution < 1.29 is 38.2 Å². The third kappa shape index (κ3) is 7.37. The summed E-state index contributed by atoms with van der Waals surface area (Å²) in [5.41, 5.74) is 1.23. The van der Waals surface area contributed by atoms with E-state index in [1.54, 1.807) is 0 Å². The molecule has 2 aromatic carbocycles. The van der Waals surface area contributed by atoms with Crippen LogP contribution in [-0.2, 0) is 35.3 Å². The molecule has 4 amide bonds. The van der Waals surface area contributed by atoms with Gasteiger partial charge in [-0.2, -0.15) is 0 Å². The van der Waals surface area contributed by atoms with E-state index >= 15 is 0 Å². The molecule has 2 fully saturated rings. The van der Waals surface area contributed by atoms with Crippen molar-refractivity contribution in [1.82, 2.24) is 15.5 Å². The van der Waals surface area contributed by atoms with Crippen molar-refractivity contribution >= 4 is 46.9 Å². The highest BCUT2D eigenvalue weighted by molar-refractivity contribution is 6.34. The molecule has 0 radical (unpaired) electrons. The van der Waals surface area contributed by atoms with Crippen LogP contribution in [0.1, 0.15) is 49.0 Å². The van der Waals surface area contributed by atoms with Gasteiger partial charge in [0.25, 0.3) is 5.91 Å². The molecular weight excluding hydrogens is 568 g/mol. The lowest BCUT2D eigenvalue weighted by Gasteiger charge is -2.28. The number of ether oxygens (including phenoxy) is 3. The Morgan fingerprint density at radius 1 is 1.17 bits per heavy atom. The molecule has 0 spiro atoms. The molecule has 2 saturated heterocycles. The minimum atomic E-state index is -0.984. The zero-order valence-corrected chi connectivity index (χ0v) is 24.2. The van der Waals surface area contributed by atoms with E-state index in [2.05, 4.69) is 16.0 Å². The Balaban J connectivity index is 1.38. The van der Waals surface area contributed by atoms with Crippen LogP contribution in [0.4, 0.5) is 5.69 Å². The Bertz CT molecular complexity index is 1350. The first-order chi connectivity index (χ1) is 20.1. The summed E-state index contributed by atoms with van der Waals surface area (Å²) in [6, 6.07) is 9.63. The molecule has 2 heterocycles. The van der Waals surface area contributed by atoms with Gasteiger partial charge in [0.2, 0.25) is 24.0 Å². The quantitative estimate of drug-likeness (QED) is 0.352. The number of likely N-dealkylation sites (tertiary alicyclic amines) is 1. The maximum atomic E-state index is 13.4. The van der Waals surface area contributed by atoms with Crippen LogP contribution in [0.2, 0.25) is 5.02 Å². The van der Waals surface area contributed by atoms with Gasteiger partial charge in [-0.15, -0.1) is 0 Å². The standard InChI is InChI=1S/C29H33ClN4O8/c1-16(31-26(37)19-12-20(30)21(32-17(2)35)13-24(19)40-3)28(39)34-11-7-10-23(34)27(38)33-22-14-25(36)42-29(22)41-15-18-8-5-4-6-9-18/h4-6,8-9,12-13,16,22-23,29H,7,10-11,14-15H2,1-3H3,(H,31,37)(H,32,35)(H,33,38)/t16-,22?,23-,29+/m0/s1. The first-order valence-electron chi connectivity index (χ1n) is 13.5. The third-order valence-corrected chi connectivity index (χ3v) is 7.26. The number of carbonyl (C=O) groups is 5. The zero-order valence-electron chi connectivity index (χ0n) is 23.5. The molecule has 12 nitrogen and oxygen atoms in total. The van der Waals surface area contributed by atoms with Crippen LogP contribution in [-0.4, -0.2) is 72.6 Å². The molecule has 0 aromatic heterocycles. The summed E-state index contributed by atoms with van der Waals surface area (Å²) in [6.45, 7) is 3.36. The van der Waals surface area contributed by atoms with Gasteiger partial charge >= 0.3 is 5.97 Å². The smallest absolute Gasteiger partial charge is 0.310 e. The topological polar surface area (TPSA) is 152 Å². The number of halogens is 1. The van der Waals surface area contributed by atoms with Gasteiger partial charge < -0.3 is 35.1 Å². The summed E-state index contributed by atoms with van der Waals surface area (Å²) >= 11 is 6.23. The van der Waals surface area contributed by atoms with Crippen molar-refractivity contribution in [3.05, 3.63) is 58.6 Å². The van der Waals surface area contributed by atoms with Crippen LogP contribution in [0, 0.1) is 0 Å². The molecule has 4 rings (SSSR count). The summed E-state index contributed by atoms with van der Waals surface area (Å²) in [6.07, 6.45) is 0.00331. The summed E-state index contributed by atoms with van der Waals surface area (Å²) in [4.78, 5) is 64.5. The number of hydrogen-bond donors (Lipinski definition) is 3. The number of methoxy groups -OCH3 is 1. The minimum absolute atomic E-state index is 0.0521. The number of cyclic esters (lactones) is 1. The highest BCUT2D eigenvalue weighted by atomic mass is 35.5. The molecule has 4 atom stereocenters. The largest absolute Gasteiger partial charge is 0.496 e. The molecule has 3 N–H and O–H groups in total. The number of nitrogens with zero attached hydrogens (tertiary/aromatic N) is 1. The Morgan fingerprint density at radius 3 is 2.60 bits per heavy atom. The van der Waals surface area contributed by atoms with Gasteiger partial charge in [0, 0.05) is 19.5 Å². The number of esters is 1. The molecule has 0 bridgehead atoms. The number of anilines is 1. The van der Waals surface area contributed by atoms with E-state index in [0.717, 1.165) is 5.56 Å². The Labute approximate surface area is 248 Å². The molecule has 224 valence electrons. The van der Waals surface area contributed by atoms with Crippen LogP contribution in [0.15, 0.2) is 42.5 Å². The normalized spacial score (nSPS) is 20.4. The highest BCUT2D eigenvalue weighted by Gasteiger charge is 2.41. The predicted molar refractivity (Wildman–Crippen MR) is 152 cm³/mol. The van der Waals surface area contributed by atoms with Gasteiger partial charge in [-0.1, -0.05) is 41.9 Å². The molecule has 2 aromatic rings. The molecule has 42 heavy (non-hydrogen) atoms. The maximum absolute atomic E-state index is 13.4. The average molecular weight is 601 g/mol. The van der Waals surface area contributed by atoms with Crippen LogP contribution in [0.25, 0.3) is 0 Å².